The Kier molecular flexibility index (Phi) is 6.09. The predicted octanol–water partition coefficient (Wildman–Crippen LogP) is 4.38. The summed E-state index contributed by atoms with van der Waals surface area (Å²) in [5, 5.41) is 10.1. The number of benzene rings is 2. The summed E-state index contributed by atoms with van der Waals surface area (Å²) in [6.45, 7) is 2.00. The fourth-order valence-corrected chi connectivity index (χ4v) is 2.36. The summed E-state index contributed by atoms with van der Waals surface area (Å²) in [5.41, 5.74) is 1.77. The lowest BCUT2D eigenvalue weighted by Crippen LogP contribution is -2.24. The van der Waals surface area contributed by atoms with E-state index in [-0.39, 0.29) is 0 Å². The average molecular weight is 335 g/mol. The van der Waals surface area contributed by atoms with Crippen LogP contribution < -0.4 is 4.74 Å². The van der Waals surface area contributed by atoms with Gasteiger partial charge in [0.05, 0.1) is 16.7 Å². The van der Waals surface area contributed by atoms with Crippen LogP contribution in [0.15, 0.2) is 42.5 Å². The molecule has 0 spiro atoms. The van der Waals surface area contributed by atoms with Crippen molar-refractivity contribution in [3.05, 3.63) is 63.6 Å². The average Bonchev–Trinajstić information content (AvgIpc) is 2.51. The normalized spacial score (nSPS) is 10.5. The minimum atomic E-state index is 0.508. The van der Waals surface area contributed by atoms with Gasteiger partial charge in [0.1, 0.15) is 12.4 Å². The van der Waals surface area contributed by atoms with Gasteiger partial charge in [0.25, 0.3) is 0 Å². The molecule has 0 saturated carbocycles. The first kappa shape index (κ1) is 16.6. The summed E-state index contributed by atoms with van der Waals surface area (Å²) in [7, 11) is 2.00. The SMILES string of the molecule is CN(CCOc1cc(Cl)ccc1Cl)Cc1cccc(C#N)c1. The van der Waals surface area contributed by atoms with E-state index in [2.05, 4.69) is 11.0 Å². The molecule has 2 aromatic rings. The van der Waals surface area contributed by atoms with Gasteiger partial charge in [-0.2, -0.15) is 5.26 Å². The molecule has 0 aromatic heterocycles. The van der Waals surface area contributed by atoms with Crippen molar-refractivity contribution >= 4 is 23.2 Å². The maximum absolute atomic E-state index is 8.91. The monoisotopic (exact) mass is 334 g/mol. The summed E-state index contributed by atoms with van der Waals surface area (Å²) < 4.78 is 5.66. The van der Waals surface area contributed by atoms with Crippen molar-refractivity contribution in [2.24, 2.45) is 0 Å². The van der Waals surface area contributed by atoms with Crippen molar-refractivity contribution in [3.8, 4) is 11.8 Å². The van der Waals surface area contributed by atoms with Crippen molar-refractivity contribution in [1.82, 2.24) is 4.90 Å². The van der Waals surface area contributed by atoms with Crippen LogP contribution >= 0.6 is 23.2 Å². The van der Waals surface area contributed by atoms with Crippen LogP contribution in [0.5, 0.6) is 5.75 Å². The first-order chi connectivity index (χ1) is 10.6. The van der Waals surface area contributed by atoms with E-state index in [1.807, 2.05) is 25.2 Å². The van der Waals surface area contributed by atoms with Crippen LogP contribution in [0, 0.1) is 11.3 Å². The molecule has 0 aliphatic rings. The number of hydrogen-bond donors (Lipinski definition) is 0. The van der Waals surface area contributed by atoms with Crippen molar-refractivity contribution < 1.29 is 4.74 Å². The second kappa shape index (κ2) is 8.05. The van der Waals surface area contributed by atoms with Crippen molar-refractivity contribution in [1.29, 1.82) is 5.26 Å². The Labute approximate surface area is 140 Å². The summed E-state index contributed by atoms with van der Waals surface area (Å²) in [6, 6.07) is 14.9. The number of nitrogens with zero attached hydrogens (tertiary/aromatic N) is 2. The molecule has 0 aliphatic heterocycles. The van der Waals surface area contributed by atoms with Crippen LogP contribution in [0.3, 0.4) is 0 Å². The van der Waals surface area contributed by atoms with Gasteiger partial charge >= 0.3 is 0 Å². The van der Waals surface area contributed by atoms with Gasteiger partial charge in [0.15, 0.2) is 0 Å². The lowest BCUT2D eigenvalue weighted by Gasteiger charge is -2.17. The molecule has 0 N–H and O–H groups in total. The van der Waals surface area contributed by atoms with E-state index in [9.17, 15) is 0 Å². The third-order valence-corrected chi connectivity index (χ3v) is 3.68. The number of ether oxygens (including phenoxy) is 1. The summed E-state index contributed by atoms with van der Waals surface area (Å²) in [4.78, 5) is 2.12. The Morgan fingerprint density at radius 1 is 1.18 bits per heavy atom. The molecule has 5 heteroatoms. The minimum Gasteiger partial charge on any atom is -0.491 e. The molecule has 0 fully saturated rings. The minimum absolute atomic E-state index is 0.508. The molecule has 0 heterocycles. The van der Waals surface area contributed by atoms with E-state index in [1.165, 1.54) is 0 Å². The number of rotatable bonds is 6. The Balaban J connectivity index is 1.84. The molecule has 2 aromatic carbocycles. The van der Waals surface area contributed by atoms with Gasteiger partial charge in [-0.3, -0.25) is 4.90 Å². The fourth-order valence-electron chi connectivity index (χ4n) is 2.03. The third-order valence-electron chi connectivity index (χ3n) is 3.13. The first-order valence-electron chi connectivity index (χ1n) is 6.84. The molecule has 0 amide bonds. The van der Waals surface area contributed by atoms with E-state index in [0.717, 1.165) is 18.7 Å². The lowest BCUT2D eigenvalue weighted by molar-refractivity contribution is 0.233. The van der Waals surface area contributed by atoms with Crippen LogP contribution in [0.4, 0.5) is 0 Å². The Bertz CT molecular complexity index is 683. The Hall–Kier alpha value is -1.73. The molecule has 0 radical (unpaired) electrons. The molecule has 0 saturated heterocycles. The first-order valence-corrected chi connectivity index (χ1v) is 7.59. The number of nitriles is 1. The molecule has 0 unspecified atom stereocenters. The molecule has 0 bridgehead atoms. The van der Waals surface area contributed by atoms with Gasteiger partial charge in [-0.1, -0.05) is 35.3 Å². The van der Waals surface area contributed by atoms with Gasteiger partial charge in [0, 0.05) is 24.2 Å². The molecule has 2 rings (SSSR count). The predicted molar refractivity (Wildman–Crippen MR) is 89.4 cm³/mol. The van der Waals surface area contributed by atoms with E-state index in [1.54, 1.807) is 24.3 Å². The summed E-state index contributed by atoms with van der Waals surface area (Å²) >= 11 is 12.0. The standard InChI is InChI=1S/C17H16Cl2N2O/c1-21(12-14-4-2-3-13(9-14)11-20)7-8-22-17-10-15(18)5-6-16(17)19/h2-6,9-10H,7-8,12H2,1H3. The maximum Gasteiger partial charge on any atom is 0.139 e. The van der Waals surface area contributed by atoms with Crippen LogP contribution in [-0.2, 0) is 6.54 Å². The number of likely N-dealkylation sites (N-methyl/N-ethyl adjacent to an activating group) is 1. The Morgan fingerprint density at radius 2 is 2.00 bits per heavy atom. The quantitative estimate of drug-likeness (QED) is 0.786. The van der Waals surface area contributed by atoms with Gasteiger partial charge in [-0.05, 0) is 36.9 Å². The van der Waals surface area contributed by atoms with Crippen LogP contribution in [0.25, 0.3) is 0 Å². The Morgan fingerprint density at radius 3 is 2.77 bits per heavy atom. The zero-order valence-corrected chi connectivity index (χ0v) is 13.7. The second-order valence-electron chi connectivity index (χ2n) is 4.97. The molecule has 22 heavy (non-hydrogen) atoms. The zero-order valence-electron chi connectivity index (χ0n) is 12.2. The number of hydrogen-bond acceptors (Lipinski definition) is 3. The maximum atomic E-state index is 8.91. The molecule has 0 aliphatic carbocycles. The summed E-state index contributed by atoms with van der Waals surface area (Å²) in [5.74, 6) is 0.592. The van der Waals surface area contributed by atoms with Crippen LogP contribution in [-0.4, -0.2) is 25.1 Å². The molecule has 114 valence electrons. The van der Waals surface area contributed by atoms with Crippen LogP contribution in [0.2, 0.25) is 10.0 Å². The van der Waals surface area contributed by atoms with Crippen molar-refractivity contribution in [2.45, 2.75) is 6.54 Å². The highest BCUT2D eigenvalue weighted by molar-refractivity contribution is 6.34. The highest BCUT2D eigenvalue weighted by Gasteiger charge is 2.05. The summed E-state index contributed by atoms with van der Waals surface area (Å²) in [6.07, 6.45) is 0. The van der Waals surface area contributed by atoms with Crippen molar-refractivity contribution in [3.63, 3.8) is 0 Å². The zero-order chi connectivity index (χ0) is 15.9. The molecule has 0 atom stereocenters. The topological polar surface area (TPSA) is 36.3 Å². The van der Waals surface area contributed by atoms with E-state index in [4.69, 9.17) is 33.2 Å². The van der Waals surface area contributed by atoms with Crippen LogP contribution in [0.1, 0.15) is 11.1 Å². The smallest absolute Gasteiger partial charge is 0.139 e. The highest BCUT2D eigenvalue weighted by atomic mass is 35.5. The van der Waals surface area contributed by atoms with Crippen molar-refractivity contribution in [2.75, 3.05) is 20.2 Å². The highest BCUT2D eigenvalue weighted by Crippen LogP contribution is 2.27. The van der Waals surface area contributed by atoms with Gasteiger partial charge in [0.2, 0.25) is 0 Å². The van der Waals surface area contributed by atoms with E-state index in [0.29, 0.717) is 28.0 Å². The number of halogens is 2. The molecular weight excluding hydrogens is 319 g/mol. The third kappa shape index (κ3) is 4.92. The largest absolute Gasteiger partial charge is 0.491 e. The second-order valence-corrected chi connectivity index (χ2v) is 5.82. The van der Waals surface area contributed by atoms with E-state index < -0.39 is 0 Å². The van der Waals surface area contributed by atoms with Gasteiger partial charge < -0.3 is 4.74 Å². The molecular formula is C17H16Cl2N2O. The molecule has 3 nitrogen and oxygen atoms in total. The van der Waals surface area contributed by atoms with Gasteiger partial charge in [-0.25, -0.2) is 0 Å². The fraction of sp³-hybridized carbons (Fsp3) is 0.235. The van der Waals surface area contributed by atoms with E-state index >= 15 is 0 Å². The van der Waals surface area contributed by atoms with Gasteiger partial charge in [-0.15, -0.1) is 0 Å². The lowest BCUT2D eigenvalue weighted by atomic mass is 10.1.